The highest BCUT2D eigenvalue weighted by atomic mass is 16.5. The van der Waals surface area contributed by atoms with Crippen molar-refractivity contribution in [3.8, 4) is 5.75 Å². The third-order valence-corrected chi connectivity index (χ3v) is 3.58. The summed E-state index contributed by atoms with van der Waals surface area (Å²) in [6, 6.07) is 9.03. The summed E-state index contributed by atoms with van der Waals surface area (Å²) in [5.41, 5.74) is 2.31. The van der Waals surface area contributed by atoms with Crippen molar-refractivity contribution >= 4 is 23.3 Å². The number of nitrogens with one attached hydrogen (secondary N) is 2. The Morgan fingerprint density at radius 1 is 1.16 bits per heavy atom. The number of nitrogens with zero attached hydrogens (tertiary/aromatic N) is 2. The third kappa shape index (κ3) is 4.94. The number of aryl methyl sites for hydroxylation is 1. The molecule has 0 aliphatic rings. The zero-order valence-corrected chi connectivity index (χ0v) is 14.8. The number of hydrogen-bond acceptors (Lipinski definition) is 5. The second-order valence-electron chi connectivity index (χ2n) is 5.74. The van der Waals surface area contributed by atoms with Crippen LogP contribution < -0.4 is 20.3 Å². The van der Waals surface area contributed by atoms with E-state index in [4.69, 9.17) is 4.74 Å². The highest BCUT2D eigenvalue weighted by Gasteiger charge is 2.14. The molecule has 0 spiro atoms. The molecule has 2 rings (SSSR count). The van der Waals surface area contributed by atoms with Crippen molar-refractivity contribution in [1.82, 2.24) is 10.3 Å². The Morgan fingerprint density at radius 3 is 2.48 bits per heavy atom. The van der Waals surface area contributed by atoms with Crippen molar-refractivity contribution < 1.29 is 14.3 Å². The molecule has 0 radical (unpaired) electrons. The fraction of sp³-hybridized carbons (Fsp3) is 0.278. The summed E-state index contributed by atoms with van der Waals surface area (Å²) >= 11 is 0. The molecule has 2 amide bonds. The van der Waals surface area contributed by atoms with Crippen LogP contribution in [-0.2, 0) is 16.1 Å². The van der Waals surface area contributed by atoms with Crippen molar-refractivity contribution in [2.75, 3.05) is 31.4 Å². The minimum Gasteiger partial charge on any atom is -0.496 e. The summed E-state index contributed by atoms with van der Waals surface area (Å²) in [6.45, 7) is 2.18. The van der Waals surface area contributed by atoms with Crippen molar-refractivity contribution in [1.29, 1.82) is 0 Å². The van der Waals surface area contributed by atoms with Gasteiger partial charge in [-0.2, -0.15) is 0 Å². The van der Waals surface area contributed by atoms with Crippen molar-refractivity contribution in [2.24, 2.45) is 0 Å². The predicted octanol–water partition coefficient (Wildman–Crippen LogP) is 1.72. The average molecular weight is 342 g/mol. The molecule has 2 N–H and O–H groups in total. The largest absolute Gasteiger partial charge is 0.496 e. The summed E-state index contributed by atoms with van der Waals surface area (Å²) in [4.78, 5) is 29.9. The molecular weight excluding hydrogens is 320 g/mol. The summed E-state index contributed by atoms with van der Waals surface area (Å²) < 4.78 is 5.19. The lowest BCUT2D eigenvalue weighted by Crippen LogP contribution is -2.35. The molecule has 7 nitrogen and oxygen atoms in total. The number of ether oxygens (including phenoxy) is 1. The van der Waals surface area contributed by atoms with Gasteiger partial charge in [0.15, 0.2) is 0 Å². The normalized spacial score (nSPS) is 10.1. The lowest BCUT2D eigenvalue weighted by Gasteiger charge is -2.12. The summed E-state index contributed by atoms with van der Waals surface area (Å²) in [7, 11) is 5.35. The van der Waals surface area contributed by atoms with Crippen LogP contribution in [0.2, 0.25) is 0 Å². The van der Waals surface area contributed by atoms with Gasteiger partial charge in [0.1, 0.15) is 11.6 Å². The summed E-state index contributed by atoms with van der Waals surface area (Å²) in [5.74, 6) is 0.105. The predicted molar refractivity (Wildman–Crippen MR) is 96.8 cm³/mol. The first-order chi connectivity index (χ1) is 11.9. The van der Waals surface area contributed by atoms with Crippen LogP contribution in [0.15, 0.2) is 36.5 Å². The minimum absolute atomic E-state index is 0.259. The van der Waals surface area contributed by atoms with Gasteiger partial charge in [0, 0.05) is 20.6 Å². The molecule has 0 aliphatic heterocycles. The zero-order valence-electron chi connectivity index (χ0n) is 14.8. The van der Waals surface area contributed by atoms with Crippen LogP contribution in [-0.4, -0.2) is 38.0 Å². The third-order valence-electron chi connectivity index (χ3n) is 3.58. The van der Waals surface area contributed by atoms with Crippen molar-refractivity contribution in [3.63, 3.8) is 0 Å². The number of hydrogen-bond donors (Lipinski definition) is 2. The van der Waals surface area contributed by atoms with Gasteiger partial charge >= 0.3 is 11.8 Å². The van der Waals surface area contributed by atoms with E-state index in [1.807, 2.05) is 44.1 Å². The van der Waals surface area contributed by atoms with E-state index in [-0.39, 0.29) is 6.54 Å². The zero-order chi connectivity index (χ0) is 18.4. The Hall–Kier alpha value is -3.09. The van der Waals surface area contributed by atoms with Gasteiger partial charge in [-0.25, -0.2) is 4.98 Å². The first-order valence-electron chi connectivity index (χ1n) is 7.76. The van der Waals surface area contributed by atoms with E-state index in [1.165, 1.54) is 6.20 Å². The number of carbonyl (C=O) groups excluding carboxylic acids is 2. The maximum Gasteiger partial charge on any atom is 0.313 e. The highest BCUT2D eigenvalue weighted by molar-refractivity contribution is 6.39. The number of amides is 2. The van der Waals surface area contributed by atoms with Crippen molar-refractivity contribution in [3.05, 3.63) is 47.7 Å². The molecule has 2 aromatic rings. The van der Waals surface area contributed by atoms with Crippen LogP contribution >= 0.6 is 0 Å². The molecule has 1 aromatic carbocycles. The second kappa shape index (κ2) is 8.14. The van der Waals surface area contributed by atoms with E-state index < -0.39 is 11.8 Å². The number of pyridine rings is 1. The maximum absolute atomic E-state index is 11.9. The maximum atomic E-state index is 11.9. The molecule has 0 saturated heterocycles. The molecule has 132 valence electrons. The fourth-order valence-corrected chi connectivity index (χ4v) is 2.23. The Kier molecular flexibility index (Phi) is 5.94. The van der Waals surface area contributed by atoms with Gasteiger partial charge in [-0.3, -0.25) is 9.59 Å². The molecule has 0 aliphatic carbocycles. The van der Waals surface area contributed by atoms with E-state index in [2.05, 4.69) is 15.6 Å². The Bertz CT molecular complexity index is 757. The van der Waals surface area contributed by atoms with Gasteiger partial charge in [0.25, 0.3) is 0 Å². The lowest BCUT2D eigenvalue weighted by atomic mass is 10.1. The van der Waals surface area contributed by atoms with Crippen LogP contribution in [0.3, 0.4) is 0 Å². The van der Waals surface area contributed by atoms with E-state index in [0.29, 0.717) is 5.69 Å². The van der Waals surface area contributed by atoms with Gasteiger partial charge < -0.3 is 20.3 Å². The SMILES string of the molecule is COc1ccc(CNC(=O)C(=O)Nc2ccc(N(C)C)nc2)cc1C. The van der Waals surface area contributed by atoms with Gasteiger partial charge in [0.2, 0.25) is 0 Å². The van der Waals surface area contributed by atoms with Crippen LogP contribution in [0, 0.1) is 6.92 Å². The quantitative estimate of drug-likeness (QED) is 0.809. The molecule has 25 heavy (non-hydrogen) atoms. The Balaban J connectivity index is 1.89. The van der Waals surface area contributed by atoms with Crippen LogP contribution in [0.4, 0.5) is 11.5 Å². The molecule has 7 heteroatoms. The van der Waals surface area contributed by atoms with Crippen LogP contribution in [0.25, 0.3) is 0 Å². The molecular formula is C18H22N4O3. The minimum atomic E-state index is -0.732. The molecule has 0 bridgehead atoms. The Morgan fingerprint density at radius 2 is 1.92 bits per heavy atom. The van der Waals surface area contributed by atoms with Gasteiger partial charge in [-0.05, 0) is 36.2 Å². The lowest BCUT2D eigenvalue weighted by molar-refractivity contribution is -0.136. The second-order valence-corrected chi connectivity index (χ2v) is 5.74. The molecule has 1 aromatic heterocycles. The number of carbonyl (C=O) groups is 2. The van der Waals surface area contributed by atoms with E-state index >= 15 is 0 Å². The van der Waals surface area contributed by atoms with E-state index in [1.54, 1.807) is 19.2 Å². The number of benzene rings is 1. The Labute approximate surface area is 147 Å². The number of anilines is 2. The molecule has 0 unspecified atom stereocenters. The summed E-state index contributed by atoms with van der Waals surface area (Å²) in [6.07, 6.45) is 1.51. The molecule has 1 heterocycles. The molecule has 0 atom stereocenters. The van der Waals surface area contributed by atoms with E-state index in [9.17, 15) is 9.59 Å². The van der Waals surface area contributed by atoms with Gasteiger partial charge in [0.05, 0.1) is 19.0 Å². The fourth-order valence-electron chi connectivity index (χ4n) is 2.23. The number of aromatic nitrogens is 1. The van der Waals surface area contributed by atoms with E-state index in [0.717, 1.165) is 22.7 Å². The first kappa shape index (κ1) is 18.3. The topological polar surface area (TPSA) is 83.6 Å². The van der Waals surface area contributed by atoms with Crippen molar-refractivity contribution in [2.45, 2.75) is 13.5 Å². The molecule has 0 fully saturated rings. The van der Waals surface area contributed by atoms with Gasteiger partial charge in [-0.15, -0.1) is 0 Å². The monoisotopic (exact) mass is 342 g/mol. The number of methoxy groups -OCH3 is 1. The van der Waals surface area contributed by atoms with Crippen LogP contribution in [0.1, 0.15) is 11.1 Å². The standard InChI is InChI=1S/C18H22N4O3/c1-12-9-13(5-7-15(12)25-4)10-20-17(23)18(24)21-14-6-8-16(19-11-14)22(2)3/h5-9,11H,10H2,1-4H3,(H,20,23)(H,21,24). The molecule has 0 saturated carbocycles. The smallest absolute Gasteiger partial charge is 0.313 e. The highest BCUT2D eigenvalue weighted by Crippen LogP contribution is 2.18. The number of rotatable bonds is 5. The summed E-state index contributed by atoms with van der Waals surface area (Å²) in [5, 5.41) is 5.11. The van der Waals surface area contributed by atoms with Gasteiger partial charge in [-0.1, -0.05) is 12.1 Å². The average Bonchev–Trinajstić information content (AvgIpc) is 2.60. The first-order valence-corrected chi connectivity index (χ1v) is 7.76. The van der Waals surface area contributed by atoms with Crippen LogP contribution in [0.5, 0.6) is 5.75 Å².